The topological polar surface area (TPSA) is 47.0 Å². The molecular weight excluding hydrogens is 210 g/mol. The van der Waals surface area contributed by atoms with Gasteiger partial charge in [0.15, 0.2) is 5.16 Å². The highest BCUT2D eigenvalue weighted by atomic mass is 32.2. The second kappa shape index (κ2) is 4.92. The van der Waals surface area contributed by atoms with Crippen LogP contribution in [-0.4, -0.2) is 29.9 Å². The fourth-order valence-corrected chi connectivity index (χ4v) is 2.12. The third-order valence-electron chi connectivity index (χ3n) is 2.42. The average molecular weight is 225 g/mol. The van der Waals surface area contributed by atoms with E-state index in [0.29, 0.717) is 6.61 Å². The third-order valence-corrected chi connectivity index (χ3v) is 2.97. The van der Waals surface area contributed by atoms with Gasteiger partial charge in [0, 0.05) is 12.1 Å². The zero-order valence-electron chi connectivity index (χ0n) is 9.04. The van der Waals surface area contributed by atoms with E-state index in [0.717, 1.165) is 36.1 Å². The Labute approximate surface area is 93.8 Å². The van der Waals surface area contributed by atoms with E-state index in [4.69, 9.17) is 4.74 Å². The molecule has 4 nitrogen and oxygen atoms in total. The minimum atomic E-state index is 0.627. The molecule has 0 bridgehead atoms. The number of nitrogens with one attached hydrogen (secondary N) is 1. The fourth-order valence-electron chi connectivity index (χ4n) is 1.71. The number of nitrogens with zero attached hydrogens (tertiary/aromatic N) is 2. The first-order valence-electron chi connectivity index (χ1n) is 5.00. The van der Waals surface area contributed by atoms with Crippen molar-refractivity contribution >= 4 is 11.8 Å². The van der Waals surface area contributed by atoms with Gasteiger partial charge in [-0.1, -0.05) is 11.8 Å². The van der Waals surface area contributed by atoms with Gasteiger partial charge >= 0.3 is 0 Å². The van der Waals surface area contributed by atoms with Crippen LogP contribution in [0.1, 0.15) is 17.0 Å². The molecule has 0 fully saturated rings. The van der Waals surface area contributed by atoms with Gasteiger partial charge in [0.05, 0.1) is 24.6 Å². The van der Waals surface area contributed by atoms with Crippen LogP contribution in [0.5, 0.6) is 0 Å². The lowest BCUT2D eigenvalue weighted by molar-refractivity contribution is 0.106. The highest BCUT2D eigenvalue weighted by molar-refractivity contribution is 7.98. The lowest BCUT2D eigenvalue weighted by atomic mass is 10.1. The Morgan fingerprint density at radius 1 is 1.47 bits per heavy atom. The molecule has 0 aliphatic carbocycles. The SMILES string of the molecule is CNCc1nc(SC)nc2c1CCOC2. The van der Waals surface area contributed by atoms with Crippen LogP contribution in [0, 0.1) is 0 Å². The van der Waals surface area contributed by atoms with Crippen LogP contribution < -0.4 is 5.32 Å². The van der Waals surface area contributed by atoms with Crippen molar-refractivity contribution in [3.63, 3.8) is 0 Å². The van der Waals surface area contributed by atoms with Gasteiger partial charge in [-0.25, -0.2) is 9.97 Å². The van der Waals surface area contributed by atoms with Crippen LogP contribution in [0.4, 0.5) is 0 Å². The molecule has 0 unspecified atom stereocenters. The van der Waals surface area contributed by atoms with Gasteiger partial charge < -0.3 is 10.1 Å². The summed E-state index contributed by atoms with van der Waals surface area (Å²) in [4.78, 5) is 9.00. The Bertz CT molecular complexity index is 357. The maximum absolute atomic E-state index is 5.41. The Morgan fingerprint density at radius 2 is 2.33 bits per heavy atom. The Morgan fingerprint density at radius 3 is 3.07 bits per heavy atom. The van der Waals surface area contributed by atoms with Gasteiger partial charge in [0.2, 0.25) is 0 Å². The predicted molar refractivity (Wildman–Crippen MR) is 59.9 cm³/mol. The van der Waals surface area contributed by atoms with Gasteiger partial charge in [-0.2, -0.15) is 0 Å². The second-order valence-corrected chi connectivity index (χ2v) is 4.19. The van der Waals surface area contributed by atoms with Gasteiger partial charge in [-0.15, -0.1) is 0 Å². The summed E-state index contributed by atoms with van der Waals surface area (Å²) < 4.78 is 5.41. The van der Waals surface area contributed by atoms with Crippen molar-refractivity contribution in [3.05, 3.63) is 17.0 Å². The number of thioether (sulfide) groups is 1. The third kappa shape index (κ3) is 2.30. The summed E-state index contributed by atoms with van der Waals surface area (Å²) in [6.07, 6.45) is 2.93. The first kappa shape index (κ1) is 10.9. The summed E-state index contributed by atoms with van der Waals surface area (Å²) in [6.45, 7) is 2.21. The van der Waals surface area contributed by atoms with E-state index >= 15 is 0 Å². The first-order chi connectivity index (χ1) is 7.35. The molecular formula is C10H15N3OS. The van der Waals surface area contributed by atoms with E-state index in [2.05, 4.69) is 15.3 Å². The first-order valence-corrected chi connectivity index (χ1v) is 6.22. The number of aromatic nitrogens is 2. The molecule has 1 aromatic rings. The largest absolute Gasteiger partial charge is 0.375 e. The normalized spacial score (nSPS) is 15.1. The van der Waals surface area contributed by atoms with Gasteiger partial charge in [-0.05, 0) is 19.7 Å². The monoisotopic (exact) mass is 225 g/mol. The molecule has 0 aromatic carbocycles. The van der Waals surface area contributed by atoms with E-state index < -0.39 is 0 Å². The average Bonchev–Trinajstić information content (AvgIpc) is 2.29. The van der Waals surface area contributed by atoms with Crippen molar-refractivity contribution in [2.75, 3.05) is 19.9 Å². The van der Waals surface area contributed by atoms with Crippen LogP contribution in [0.25, 0.3) is 0 Å². The number of hydrogen-bond donors (Lipinski definition) is 1. The van der Waals surface area contributed by atoms with Gasteiger partial charge in [-0.3, -0.25) is 0 Å². The van der Waals surface area contributed by atoms with Crippen molar-refractivity contribution in [1.82, 2.24) is 15.3 Å². The number of rotatable bonds is 3. The molecule has 1 N–H and O–H groups in total. The lowest BCUT2D eigenvalue weighted by Gasteiger charge is -2.18. The molecule has 0 amide bonds. The molecule has 1 aromatic heterocycles. The quantitative estimate of drug-likeness (QED) is 0.614. The van der Waals surface area contributed by atoms with Crippen molar-refractivity contribution in [1.29, 1.82) is 0 Å². The zero-order valence-corrected chi connectivity index (χ0v) is 9.86. The molecule has 0 spiro atoms. The van der Waals surface area contributed by atoms with E-state index in [1.54, 1.807) is 11.8 Å². The van der Waals surface area contributed by atoms with Gasteiger partial charge in [0.1, 0.15) is 0 Å². The summed E-state index contributed by atoms with van der Waals surface area (Å²) >= 11 is 1.58. The molecule has 0 saturated heterocycles. The van der Waals surface area contributed by atoms with Gasteiger partial charge in [0.25, 0.3) is 0 Å². The highest BCUT2D eigenvalue weighted by Crippen LogP contribution is 2.21. The van der Waals surface area contributed by atoms with Crippen LogP contribution in [0.2, 0.25) is 0 Å². The number of fused-ring (bicyclic) bond motifs is 1. The maximum Gasteiger partial charge on any atom is 0.187 e. The molecule has 5 heteroatoms. The standard InChI is InChI=1S/C10H15N3OS/c1-11-5-8-7-3-4-14-6-9(7)13-10(12-8)15-2/h11H,3-6H2,1-2H3. The van der Waals surface area contributed by atoms with E-state index in [-0.39, 0.29) is 0 Å². The van der Waals surface area contributed by atoms with E-state index in [1.807, 2.05) is 13.3 Å². The molecule has 0 radical (unpaired) electrons. The van der Waals surface area contributed by atoms with Crippen LogP contribution in [-0.2, 0) is 24.3 Å². The number of hydrogen-bond acceptors (Lipinski definition) is 5. The summed E-state index contributed by atoms with van der Waals surface area (Å²) in [5.74, 6) is 0. The van der Waals surface area contributed by atoms with Crippen LogP contribution in [0.3, 0.4) is 0 Å². The molecule has 0 saturated carbocycles. The zero-order chi connectivity index (χ0) is 10.7. The summed E-state index contributed by atoms with van der Waals surface area (Å²) in [5, 5.41) is 3.98. The molecule has 2 rings (SSSR count). The van der Waals surface area contributed by atoms with Crippen molar-refractivity contribution < 1.29 is 4.74 Å². The van der Waals surface area contributed by atoms with Crippen molar-refractivity contribution in [3.8, 4) is 0 Å². The maximum atomic E-state index is 5.41. The minimum absolute atomic E-state index is 0.627. The highest BCUT2D eigenvalue weighted by Gasteiger charge is 2.17. The molecule has 1 aliphatic heterocycles. The molecule has 82 valence electrons. The fraction of sp³-hybridized carbons (Fsp3) is 0.600. The minimum Gasteiger partial charge on any atom is -0.375 e. The number of ether oxygens (including phenoxy) is 1. The summed E-state index contributed by atoms with van der Waals surface area (Å²) in [6, 6.07) is 0. The summed E-state index contributed by atoms with van der Waals surface area (Å²) in [7, 11) is 1.94. The molecule has 2 heterocycles. The lowest BCUT2D eigenvalue weighted by Crippen LogP contribution is -2.19. The summed E-state index contributed by atoms with van der Waals surface area (Å²) in [5.41, 5.74) is 3.45. The van der Waals surface area contributed by atoms with Crippen LogP contribution in [0.15, 0.2) is 5.16 Å². The Hall–Kier alpha value is -0.650. The van der Waals surface area contributed by atoms with E-state index in [1.165, 1.54) is 5.56 Å². The smallest absolute Gasteiger partial charge is 0.187 e. The molecule has 1 aliphatic rings. The van der Waals surface area contributed by atoms with E-state index in [9.17, 15) is 0 Å². The molecule has 0 atom stereocenters. The Kier molecular flexibility index (Phi) is 3.56. The Balaban J connectivity index is 2.41. The van der Waals surface area contributed by atoms with Crippen molar-refractivity contribution in [2.45, 2.75) is 24.7 Å². The van der Waals surface area contributed by atoms with Crippen LogP contribution >= 0.6 is 11.8 Å². The molecule has 15 heavy (non-hydrogen) atoms. The second-order valence-electron chi connectivity index (χ2n) is 3.42. The predicted octanol–water partition coefficient (Wildman–Crippen LogP) is 0.991. The van der Waals surface area contributed by atoms with Crippen molar-refractivity contribution in [2.24, 2.45) is 0 Å².